The third-order valence-corrected chi connectivity index (χ3v) is 13.4. The summed E-state index contributed by atoms with van der Waals surface area (Å²) in [6.45, 7) is 0. The van der Waals surface area contributed by atoms with Gasteiger partial charge in [-0.05, 0) is 111 Å². The van der Waals surface area contributed by atoms with Gasteiger partial charge in [-0.1, -0.05) is 133 Å². The maximum Gasteiger partial charge on any atom is 0.0590 e. The highest BCUT2D eigenvalue weighted by atomic mass is 32.1. The van der Waals surface area contributed by atoms with Gasteiger partial charge < -0.3 is 9.80 Å². The lowest BCUT2D eigenvalue weighted by Crippen LogP contribution is -2.19. The first kappa shape index (κ1) is 31.6. The Bertz CT molecular complexity index is 3100. The molecule has 2 nitrogen and oxygen atoms in total. The van der Waals surface area contributed by atoms with Crippen molar-refractivity contribution in [3.8, 4) is 11.1 Å². The predicted molar refractivity (Wildman–Crippen MR) is 238 cm³/mol. The van der Waals surface area contributed by atoms with Crippen LogP contribution in [0.2, 0.25) is 0 Å². The largest absolute Gasteiger partial charge is 0.313 e. The molecule has 1 unspecified atom stereocenters. The molecule has 0 fully saturated rings. The number of allylic oxidation sites excluding steroid dienone is 4. The number of benzene rings is 8. The number of hydrogen-bond donors (Lipinski definition) is 0. The standard InChI is InChI=1S/C53H36N2S/c1-2-12-34(13-3-1)36-22-26-41(27-23-36)54-48-20-10-7-17-43(48)46-32-38(25-29-49(46)54)45-33-40-30-39-16-6-9-19-47(39)55(42-28-24-35-14-4-5-15-37(35)31-42)52(40)51-44-18-8-11-21-50(44)56-53(45)51/h1-29,31,33,46H,30,32H2. The van der Waals surface area contributed by atoms with Crippen molar-refractivity contribution in [2.75, 3.05) is 9.80 Å². The average Bonchev–Trinajstić information content (AvgIpc) is 3.82. The molecule has 0 amide bonds. The number of nitrogens with zero attached hydrogens (tertiary/aromatic N) is 2. The molecule has 0 saturated carbocycles. The van der Waals surface area contributed by atoms with Crippen molar-refractivity contribution >= 4 is 76.3 Å². The summed E-state index contributed by atoms with van der Waals surface area (Å²) in [7, 11) is 0. The molecule has 3 heterocycles. The molecule has 3 aliphatic rings. The van der Waals surface area contributed by atoms with Crippen LogP contribution in [0.5, 0.6) is 0 Å². The maximum atomic E-state index is 2.55. The number of fused-ring (bicyclic) bond motifs is 10. The van der Waals surface area contributed by atoms with Crippen molar-refractivity contribution < 1.29 is 0 Å². The van der Waals surface area contributed by atoms with Crippen LogP contribution >= 0.6 is 11.3 Å². The summed E-state index contributed by atoms with van der Waals surface area (Å²) in [5, 5.41) is 5.21. The van der Waals surface area contributed by atoms with Crippen LogP contribution in [-0.2, 0) is 6.42 Å². The fraction of sp³-hybridized carbons (Fsp3) is 0.0566. The van der Waals surface area contributed by atoms with E-state index in [1.807, 2.05) is 11.3 Å². The van der Waals surface area contributed by atoms with E-state index in [0.29, 0.717) is 0 Å². The van der Waals surface area contributed by atoms with Crippen LogP contribution in [0, 0.1) is 0 Å². The van der Waals surface area contributed by atoms with E-state index in [2.05, 4.69) is 198 Å². The third-order valence-electron chi connectivity index (χ3n) is 12.2. The Morgan fingerprint density at radius 3 is 2.12 bits per heavy atom. The molecule has 3 heteroatoms. The SMILES string of the molecule is C1=C(c2cc3c(c4c2sc2ccccc24)N(c2ccc4ccccc4c2)c2ccccc2C3)CC2C(=C1)N(c1ccc(-c3ccccc3)cc1)c1ccccc12. The molecule has 264 valence electrons. The van der Waals surface area contributed by atoms with E-state index in [1.165, 1.54) is 104 Å². The second-order valence-corrected chi connectivity index (χ2v) is 16.3. The van der Waals surface area contributed by atoms with E-state index < -0.39 is 0 Å². The van der Waals surface area contributed by atoms with Gasteiger partial charge >= 0.3 is 0 Å². The molecule has 1 aliphatic carbocycles. The van der Waals surface area contributed by atoms with Gasteiger partial charge in [-0.15, -0.1) is 11.3 Å². The first-order valence-electron chi connectivity index (χ1n) is 19.6. The fourth-order valence-corrected chi connectivity index (χ4v) is 10.9. The van der Waals surface area contributed by atoms with Crippen molar-refractivity contribution in [2.45, 2.75) is 18.8 Å². The molecule has 12 rings (SSSR count). The third kappa shape index (κ3) is 4.81. The first-order valence-corrected chi connectivity index (χ1v) is 20.4. The number of rotatable bonds is 4. The molecule has 0 N–H and O–H groups in total. The van der Waals surface area contributed by atoms with Crippen LogP contribution in [-0.4, -0.2) is 0 Å². The van der Waals surface area contributed by atoms with Gasteiger partial charge in [-0.2, -0.15) is 0 Å². The number of hydrogen-bond acceptors (Lipinski definition) is 3. The minimum Gasteiger partial charge on any atom is -0.313 e. The lowest BCUT2D eigenvalue weighted by Gasteiger charge is -2.35. The minimum absolute atomic E-state index is 0.273. The normalized spacial score (nSPS) is 15.7. The smallest absolute Gasteiger partial charge is 0.0590 e. The van der Waals surface area contributed by atoms with Crippen molar-refractivity contribution in [1.29, 1.82) is 0 Å². The summed E-state index contributed by atoms with van der Waals surface area (Å²) in [5.41, 5.74) is 17.0. The topological polar surface area (TPSA) is 6.48 Å². The number of para-hydroxylation sites is 2. The molecule has 1 atom stereocenters. The Kier molecular flexibility index (Phi) is 7.02. The zero-order chi connectivity index (χ0) is 36.7. The van der Waals surface area contributed by atoms with Gasteiger partial charge in [0.05, 0.1) is 5.69 Å². The Morgan fingerprint density at radius 2 is 1.23 bits per heavy atom. The molecule has 2 aliphatic heterocycles. The quantitative estimate of drug-likeness (QED) is 0.178. The van der Waals surface area contributed by atoms with Crippen LogP contribution < -0.4 is 9.80 Å². The van der Waals surface area contributed by atoms with Gasteiger partial charge in [-0.25, -0.2) is 0 Å². The minimum atomic E-state index is 0.273. The number of anilines is 5. The predicted octanol–water partition coefficient (Wildman–Crippen LogP) is 14.9. The van der Waals surface area contributed by atoms with Crippen molar-refractivity contribution in [1.82, 2.24) is 0 Å². The van der Waals surface area contributed by atoms with Gasteiger partial charge in [0, 0.05) is 61.0 Å². The molecule has 0 radical (unpaired) electrons. The first-order chi connectivity index (χ1) is 27.8. The Balaban J connectivity index is 1.03. The van der Waals surface area contributed by atoms with E-state index in [-0.39, 0.29) is 5.92 Å². The molecule has 1 aromatic heterocycles. The van der Waals surface area contributed by atoms with E-state index in [0.717, 1.165) is 12.8 Å². The molecular weight excluding hydrogens is 697 g/mol. The van der Waals surface area contributed by atoms with Crippen LogP contribution in [0.4, 0.5) is 28.4 Å². The molecule has 0 bridgehead atoms. The average molecular weight is 733 g/mol. The van der Waals surface area contributed by atoms with Gasteiger partial charge in [0.25, 0.3) is 0 Å². The molecule has 9 aromatic rings. The summed E-state index contributed by atoms with van der Waals surface area (Å²) in [4.78, 5) is 5.04. The highest BCUT2D eigenvalue weighted by Crippen LogP contribution is 2.56. The summed E-state index contributed by atoms with van der Waals surface area (Å²) in [6, 6.07) is 65.0. The van der Waals surface area contributed by atoms with Crippen molar-refractivity contribution in [2.24, 2.45) is 0 Å². The molecule has 8 aromatic carbocycles. The zero-order valence-corrected chi connectivity index (χ0v) is 31.5. The van der Waals surface area contributed by atoms with E-state index in [1.54, 1.807) is 0 Å². The van der Waals surface area contributed by atoms with Crippen molar-refractivity contribution in [3.05, 3.63) is 216 Å². The van der Waals surface area contributed by atoms with Gasteiger partial charge in [0.2, 0.25) is 0 Å². The van der Waals surface area contributed by atoms with E-state index in [4.69, 9.17) is 0 Å². The van der Waals surface area contributed by atoms with E-state index >= 15 is 0 Å². The summed E-state index contributed by atoms with van der Waals surface area (Å²) in [6.07, 6.45) is 6.68. The Labute approximate surface area is 330 Å². The second-order valence-electron chi connectivity index (χ2n) is 15.3. The highest BCUT2D eigenvalue weighted by Gasteiger charge is 2.37. The lowest BCUT2D eigenvalue weighted by atomic mass is 9.83. The molecular formula is C53H36N2S. The molecule has 0 saturated heterocycles. The summed E-state index contributed by atoms with van der Waals surface area (Å²) >= 11 is 1.94. The second kappa shape index (κ2) is 12.4. The van der Waals surface area contributed by atoms with Crippen LogP contribution in [0.15, 0.2) is 194 Å². The zero-order valence-electron chi connectivity index (χ0n) is 30.7. The van der Waals surface area contributed by atoms with Crippen molar-refractivity contribution in [3.63, 3.8) is 0 Å². The van der Waals surface area contributed by atoms with Crippen LogP contribution in [0.25, 0.3) is 47.6 Å². The molecule has 56 heavy (non-hydrogen) atoms. The summed E-state index contributed by atoms with van der Waals surface area (Å²) in [5.74, 6) is 0.273. The fourth-order valence-electron chi connectivity index (χ4n) is 9.60. The maximum absolute atomic E-state index is 2.55. The van der Waals surface area contributed by atoms with E-state index in [9.17, 15) is 0 Å². The lowest BCUT2D eigenvalue weighted by molar-refractivity contribution is 0.833. The Morgan fingerprint density at radius 1 is 0.518 bits per heavy atom. The number of thiophene rings is 1. The van der Waals surface area contributed by atoms with Gasteiger partial charge in [0.15, 0.2) is 0 Å². The van der Waals surface area contributed by atoms with Gasteiger partial charge in [0.1, 0.15) is 0 Å². The Hall–Kier alpha value is -6.68. The monoisotopic (exact) mass is 732 g/mol. The highest BCUT2D eigenvalue weighted by molar-refractivity contribution is 7.26. The molecule has 0 spiro atoms. The van der Waals surface area contributed by atoms with Crippen LogP contribution in [0.1, 0.15) is 34.6 Å². The summed E-state index contributed by atoms with van der Waals surface area (Å²) < 4.78 is 2.70. The van der Waals surface area contributed by atoms with Crippen LogP contribution in [0.3, 0.4) is 0 Å². The van der Waals surface area contributed by atoms with Gasteiger partial charge in [-0.3, -0.25) is 0 Å².